The Morgan fingerprint density at radius 3 is 2.94 bits per heavy atom. The Morgan fingerprint density at radius 1 is 1.50 bits per heavy atom. The van der Waals surface area contributed by atoms with Crippen LogP contribution in [-0.4, -0.2) is 34.3 Å². The van der Waals surface area contributed by atoms with Gasteiger partial charge in [0, 0.05) is 27.1 Å². The van der Waals surface area contributed by atoms with Gasteiger partial charge in [-0.25, -0.2) is 9.67 Å². The molecule has 0 aliphatic carbocycles. The maximum absolute atomic E-state index is 11.0. The van der Waals surface area contributed by atoms with Crippen molar-refractivity contribution in [2.24, 2.45) is 7.05 Å². The molecular weight excluding hydrogens is 250 g/mol. The number of fused-ring (bicyclic) bond motifs is 1. The molecule has 2 aromatic rings. The van der Waals surface area contributed by atoms with Gasteiger partial charge in [0.1, 0.15) is 0 Å². The number of carbonyl (C=O) groups excluding carboxylic acids is 1. The minimum atomic E-state index is 0.0705. The van der Waals surface area contributed by atoms with E-state index < -0.39 is 0 Å². The number of aryl methyl sites for hydroxylation is 2. The number of nitrogens with zero attached hydrogens (tertiary/aromatic N) is 3. The second-order valence-corrected chi connectivity index (χ2v) is 5.08. The number of nitrogens with one attached hydrogen (secondary N) is 2. The van der Waals surface area contributed by atoms with E-state index in [1.807, 2.05) is 14.0 Å². The van der Waals surface area contributed by atoms with E-state index in [0.717, 1.165) is 34.1 Å². The normalized spacial score (nSPS) is 10.8. The number of carbonyl (C=O) groups is 1. The van der Waals surface area contributed by atoms with Gasteiger partial charge in [-0.3, -0.25) is 4.79 Å². The SMILES string of the molecule is CNC(=O)CCCNc1nc2c(s1)c(C)nn2C. The second kappa shape index (κ2) is 5.34. The van der Waals surface area contributed by atoms with Crippen molar-refractivity contribution in [3.05, 3.63) is 5.69 Å². The summed E-state index contributed by atoms with van der Waals surface area (Å²) < 4.78 is 2.91. The van der Waals surface area contributed by atoms with Gasteiger partial charge in [0.05, 0.1) is 10.4 Å². The topological polar surface area (TPSA) is 71.8 Å². The van der Waals surface area contributed by atoms with E-state index in [2.05, 4.69) is 20.7 Å². The molecule has 98 valence electrons. The van der Waals surface area contributed by atoms with E-state index in [-0.39, 0.29) is 5.91 Å². The Morgan fingerprint density at radius 2 is 2.28 bits per heavy atom. The summed E-state index contributed by atoms with van der Waals surface area (Å²) in [5, 5.41) is 11.0. The first kappa shape index (κ1) is 12.8. The van der Waals surface area contributed by atoms with Crippen LogP contribution in [0.15, 0.2) is 0 Å². The van der Waals surface area contributed by atoms with E-state index in [4.69, 9.17) is 0 Å². The molecule has 0 aromatic carbocycles. The zero-order valence-electron chi connectivity index (χ0n) is 10.8. The third kappa shape index (κ3) is 2.61. The Hall–Kier alpha value is -1.63. The van der Waals surface area contributed by atoms with Gasteiger partial charge >= 0.3 is 0 Å². The van der Waals surface area contributed by atoms with Gasteiger partial charge in [0.15, 0.2) is 10.8 Å². The molecule has 0 saturated carbocycles. The fourth-order valence-corrected chi connectivity index (χ4v) is 2.69. The molecule has 18 heavy (non-hydrogen) atoms. The third-order valence-electron chi connectivity index (χ3n) is 2.68. The van der Waals surface area contributed by atoms with Gasteiger partial charge in [0.25, 0.3) is 0 Å². The predicted octanol–water partition coefficient (Wildman–Crippen LogP) is 1.28. The zero-order valence-corrected chi connectivity index (χ0v) is 11.6. The van der Waals surface area contributed by atoms with Gasteiger partial charge in [-0.05, 0) is 13.3 Å². The second-order valence-electron chi connectivity index (χ2n) is 4.08. The lowest BCUT2D eigenvalue weighted by Crippen LogP contribution is -2.18. The fraction of sp³-hybridized carbons (Fsp3) is 0.545. The molecule has 0 fully saturated rings. The van der Waals surface area contributed by atoms with Gasteiger partial charge in [-0.1, -0.05) is 11.3 Å². The summed E-state index contributed by atoms with van der Waals surface area (Å²) in [5.74, 6) is 0.0705. The van der Waals surface area contributed by atoms with Gasteiger partial charge < -0.3 is 10.6 Å². The van der Waals surface area contributed by atoms with Gasteiger partial charge in [-0.15, -0.1) is 0 Å². The van der Waals surface area contributed by atoms with Crippen LogP contribution in [0.1, 0.15) is 18.5 Å². The summed E-state index contributed by atoms with van der Waals surface area (Å²) in [6, 6.07) is 0. The number of hydrogen-bond acceptors (Lipinski definition) is 5. The standard InChI is InChI=1S/C11H17N5OS/c1-7-9-10(16(3)15-7)14-11(18-9)13-6-4-5-8(17)12-2/h4-6H2,1-3H3,(H,12,17)(H,13,14). The molecule has 0 saturated heterocycles. The average molecular weight is 267 g/mol. The molecule has 0 unspecified atom stereocenters. The number of hydrogen-bond donors (Lipinski definition) is 2. The van der Waals surface area contributed by atoms with Crippen LogP contribution >= 0.6 is 11.3 Å². The molecule has 0 radical (unpaired) electrons. The van der Waals surface area contributed by atoms with Crippen LogP contribution in [0, 0.1) is 6.92 Å². The minimum absolute atomic E-state index is 0.0705. The van der Waals surface area contributed by atoms with Crippen molar-refractivity contribution in [3.8, 4) is 0 Å². The molecule has 6 nitrogen and oxygen atoms in total. The molecular formula is C11H17N5OS. The van der Waals surface area contributed by atoms with Crippen molar-refractivity contribution in [1.82, 2.24) is 20.1 Å². The van der Waals surface area contributed by atoms with Crippen LogP contribution in [0.5, 0.6) is 0 Å². The van der Waals surface area contributed by atoms with Crippen LogP contribution in [0.25, 0.3) is 10.3 Å². The summed E-state index contributed by atoms with van der Waals surface area (Å²) in [5.41, 5.74) is 1.91. The third-order valence-corrected chi connectivity index (χ3v) is 3.79. The maximum atomic E-state index is 11.0. The molecule has 2 rings (SSSR count). The number of thiazole rings is 1. The quantitative estimate of drug-likeness (QED) is 0.800. The van der Waals surface area contributed by atoms with Crippen LogP contribution in [0.3, 0.4) is 0 Å². The maximum Gasteiger partial charge on any atom is 0.219 e. The highest BCUT2D eigenvalue weighted by molar-refractivity contribution is 7.22. The highest BCUT2D eigenvalue weighted by atomic mass is 32.1. The number of anilines is 1. The molecule has 0 aliphatic heterocycles. The Bertz CT molecular complexity index is 525. The van der Waals surface area contributed by atoms with Crippen molar-refractivity contribution in [2.45, 2.75) is 19.8 Å². The lowest BCUT2D eigenvalue weighted by Gasteiger charge is -2.01. The number of aromatic nitrogens is 3. The van der Waals surface area contributed by atoms with E-state index in [1.165, 1.54) is 0 Å². The molecule has 0 atom stereocenters. The fourth-order valence-electron chi connectivity index (χ4n) is 1.73. The molecule has 0 bridgehead atoms. The Balaban J connectivity index is 1.92. The van der Waals surface area contributed by atoms with Crippen LogP contribution < -0.4 is 10.6 Å². The summed E-state index contributed by atoms with van der Waals surface area (Å²) in [6.45, 7) is 2.73. The Kier molecular flexibility index (Phi) is 3.81. The largest absolute Gasteiger partial charge is 0.361 e. The number of amides is 1. The Labute approximate surface area is 109 Å². The summed E-state index contributed by atoms with van der Waals surface area (Å²) in [6.07, 6.45) is 1.34. The van der Waals surface area contributed by atoms with Crippen molar-refractivity contribution in [3.63, 3.8) is 0 Å². The number of rotatable bonds is 5. The highest BCUT2D eigenvalue weighted by Crippen LogP contribution is 2.27. The first-order valence-electron chi connectivity index (χ1n) is 5.86. The van der Waals surface area contributed by atoms with Crippen molar-refractivity contribution in [1.29, 1.82) is 0 Å². The molecule has 0 spiro atoms. The van der Waals surface area contributed by atoms with Crippen LogP contribution in [0.2, 0.25) is 0 Å². The van der Waals surface area contributed by atoms with Gasteiger partial charge in [0.2, 0.25) is 5.91 Å². The van der Waals surface area contributed by atoms with Crippen LogP contribution in [-0.2, 0) is 11.8 Å². The summed E-state index contributed by atoms with van der Waals surface area (Å²) >= 11 is 1.60. The van der Waals surface area contributed by atoms with Crippen molar-refractivity contribution in [2.75, 3.05) is 18.9 Å². The molecule has 1 amide bonds. The molecule has 2 N–H and O–H groups in total. The van der Waals surface area contributed by atoms with E-state index >= 15 is 0 Å². The van der Waals surface area contributed by atoms with E-state index in [0.29, 0.717) is 6.42 Å². The average Bonchev–Trinajstić information content (AvgIpc) is 2.87. The van der Waals surface area contributed by atoms with Crippen LogP contribution in [0.4, 0.5) is 5.13 Å². The lowest BCUT2D eigenvalue weighted by molar-refractivity contribution is -0.120. The lowest BCUT2D eigenvalue weighted by atomic mass is 10.3. The zero-order chi connectivity index (χ0) is 13.1. The predicted molar refractivity (Wildman–Crippen MR) is 72.9 cm³/mol. The highest BCUT2D eigenvalue weighted by Gasteiger charge is 2.11. The van der Waals surface area contributed by atoms with E-state index in [9.17, 15) is 4.79 Å². The smallest absolute Gasteiger partial charge is 0.219 e. The molecule has 0 aliphatic rings. The minimum Gasteiger partial charge on any atom is -0.361 e. The molecule has 2 aromatic heterocycles. The van der Waals surface area contributed by atoms with Crippen molar-refractivity contribution >= 4 is 32.7 Å². The summed E-state index contributed by atoms with van der Waals surface area (Å²) in [7, 11) is 3.55. The first-order chi connectivity index (χ1) is 8.61. The molecule has 7 heteroatoms. The van der Waals surface area contributed by atoms with Gasteiger partial charge in [-0.2, -0.15) is 5.10 Å². The monoisotopic (exact) mass is 267 g/mol. The summed E-state index contributed by atoms with van der Waals surface area (Å²) in [4.78, 5) is 15.5. The van der Waals surface area contributed by atoms with Crippen molar-refractivity contribution < 1.29 is 4.79 Å². The first-order valence-corrected chi connectivity index (χ1v) is 6.68. The van der Waals surface area contributed by atoms with E-state index in [1.54, 1.807) is 23.1 Å². The molecule has 2 heterocycles.